The normalized spacial score (nSPS) is 16.1. The van der Waals surface area contributed by atoms with Gasteiger partial charge in [-0.25, -0.2) is 0 Å². The fourth-order valence-corrected chi connectivity index (χ4v) is 1.67. The standard InChI is InChI=1S/C11H14N2/c1-2-10(12)8-3-4-11-9(7-8)5-6-13-11/h2-4,7,10,13H,1,5-6,12H2/t10-/m1/s1. The Labute approximate surface area is 78.5 Å². The first-order chi connectivity index (χ1) is 6.31. The summed E-state index contributed by atoms with van der Waals surface area (Å²) in [6, 6.07) is 6.29. The summed E-state index contributed by atoms with van der Waals surface area (Å²) in [5.41, 5.74) is 9.62. The van der Waals surface area contributed by atoms with E-state index in [0.29, 0.717) is 0 Å². The summed E-state index contributed by atoms with van der Waals surface area (Å²) in [6.45, 7) is 4.73. The van der Waals surface area contributed by atoms with Gasteiger partial charge in [0.2, 0.25) is 0 Å². The first kappa shape index (κ1) is 8.32. The summed E-state index contributed by atoms with van der Waals surface area (Å²) in [4.78, 5) is 0. The van der Waals surface area contributed by atoms with E-state index in [1.165, 1.54) is 11.3 Å². The van der Waals surface area contributed by atoms with Crippen LogP contribution in [0.2, 0.25) is 0 Å². The van der Waals surface area contributed by atoms with Gasteiger partial charge in [-0.3, -0.25) is 0 Å². The van der Waals surface area contributed by atoms with Gasteiger partial charge in [-0.2, -0.15) is 0 Å². The van der Waals surface area contributed by atoms with E-state index in [4.69, 9.17) is 5.73 Å². The molecule has 0 radical (unpaired) electrons. The molecular formula is C11H14N2. The van der Waals surface area contributed by atoms with Crippen molar-refractivity contribution in [3.05, 3.63) is 42.0 Å². The van der Waals surface area contributed by atoms with E-state index in [9.17, 15) is 0 Å². The van der Waals surface area contributed by atoms with Crippen LogP contribution in [0.1, 0.15) is 17.2 Å². The Balaban J connectivity index is 2.35. The van der Waals surface area contributed by atoms with Gasteiger partial charge in [-0.1, -0.05) is 18.2 Å². The van der Waals surface area contributed by atoms with E-state index in [2.05, 4.69) is 30.1 Å². The summed E-state index contributed by atoms with van der Waals surface area (Å²) >= 11 is 0. The number of hydrogen-bond donors (Lipinski definition) is 2. The van der Waals surface area contributed by atoms with Gasteiger partial charge in [0.05, 0.1) is 0 Å². The van der Waals surface area contributed by atoms with E-state index in [1.807, 2.05) is 0 Å². The third-order valence-corrected chi connectivity index (χ3v) is 2.48. The highest BCUT2D eigenvalue weighted by Crippen LogP contribution is 2.25. The van der Waals surface area contributed by atoms with Gasteiger partial charge in [0.15, 0.2) is 0 Å². The molecule has 0 saturated carbocycles. The van der Waals surface area contributed by atoms with E-state index in [-0.39, 0.29) is 6.04 Å². The van der Waals surface area contributed by atoms with Crippen molar-refractivity contribution in [2.45, 2.75) is 12.5 Å². The monoisotopic (exact) mass is 174 g/mol. The molecule has 1 aliphatic rings. The predicted molar refractivity (Wildman–Crippen MR) is 55.8 cm³/mol. The van der Waals surface area contributed by atoms with Crippen molar-refractivity contribution in [3.63, 3.8) is 0 Å². The largest absolute Gasteiger partial charge is 0.384 e. The molecule has 2 rings (SSSR count). The van der Waals surface area contributed by atoms with Gasteiger partial charge in [0.25, 0.3) is 0 Å². The zero-order valence-electron chi connectivity index (χ0n) is 7.59. The summed E-state index contributed by atoms with van der Waals surface area (Å²) < 4.78 is 0. The molecule has 1 atom stereocenters. The second kappa shape index (κ2) is 3.23. The smallest absolute Gasteiger partial charge is 0.0478 e. The molecule has 68 valence electrons. The fourth-order valence-electron chi connectivity index (χ4n) is 1.67. The van der Waals surface area contributed by atoms with E-state index < -0.39 is 0 Å². The molecule has 1 aliphatic heterocycles. The second-order valence-corrected chi connectivity index (χ2v) is 3.35. The first-order valence-electron chi connectivity index (χ1n) is 4.56. The molecule has 0 aliphatic carbocycles. The van der Waals surface area contributed by atoms with Crippen molar-refractivity contribution in [2.24, 2.45) is 5.73 Å². The third-order valence-electron chi connectivity index (χ3n) is 2.48. The lowest BCUT2D eigenvalue weighted by atomic mass is 10.0. The Kier molecular flexibility index (Phi) is 2.07. The summed E-state index contributed by atoms with van der Waals surface area (Å²) in [6.07, 6.45) is 2.87. The molecule has 0 unspecified atom stereocenters. The minimum absolute atomic E-state index is 0.0362. The summed E-state index contributed by atoms with van der Waals surface area (Å²) in [5, 5.41) is 3.32. The van der Waals surface area contributed by atoms with Crippen LogP contribution in [0.5, 0.6) is 0 Å². The Hall–Kier alpha value is -1.28. The minimum Gasteiger partial charge on any atom is -0.384 e. The van der Waals surface area contributed by atoms with Crippen LogP contribution in [-0.2, 0) is 6.42 Å². The number of nitrogens with one attached hydrogen (secondary N) is 1. The van der Waals surface area contributed by atoms with Crippen molar-refractivity contribution in [1.82, 2.24) is 0 Å². The Morgan fingerprint density at radius 1 is 1.54 bits per heavy atom. The highest BCUT2D eigenvalue weighted by Gasteiger charge is 2.11. The van der Waals surface area contributed by atoms with Crippen LogP contribution in [0.4, 0.5) is 5.69 Å². The van der Waals surface area contributed by atoms with Crippen molar-refractivity contribution < 1.29 is 0 Å². The molecule has 1 aromatic carbocycles. The average molecular weight is 174 g/mol. The van der Waals surface area contributed by atoms with Crippen LogP contribution >= 0.6 is 0 Å². The molecule has 0 spiro atoms. The van der Waals surface area contributed by atoms with Crippen molar-refractivity contribution >= 4 is 5.69 Å². The van der Waals surface area contributed by atoms with Gasteiger partial charge in [-0.15, -0.1) is 6.58 Å². The van der Waals surface area contributed by atoms with E-state index >= 15 is 0 Å². The molecule has 1 aromatic rings. The molecule has 0 fully saturated rings. The fraction of sp³-hybridized carbons (Fsp3) is 0.273. The zero-order valence-corrected chi connectivity index (χ0v) is 7.59. The number of benzene rings is 1. The second-order valence-electron chi connectivity index (χ2n) is 3.35. The molecule has 1 heterocycles. The zero-order chi connectivity index (χ0) is 9.26. The highest BCUT2D eigenvalue weighted by atomic mass is 14.9. The van der Waals surface area contributed by atoms with E-state index in [0.717, 1.165) is 18.5 Å². The van der Waals surface area contributed by atoms with Crippen LogP contribution < -0.4 is 11.1 Å². The maximum absolute atomic E-state index is 5.85. The van der Waals surface area contributed by atoms with Gasteiger partial charge in [0, 0.05) is 18.3 Å². The Morgan fingerprint density at radius 3 is 3.15 bits per heavy atom. The molecule has 0 bridgehead atoms. The topological polar surface area (TPSA) is 38.0 Å². The molecule has 0 aromatic heterocycles. The summed E-state index contributed by atoms with van der Waals surface area (Å²) in [7, 11) is 0. The van der Waals surface area contributed by atoms with Gasteiger partial charge in [-0.05, 0) is 23.6 Å². The Morgan fingerprint density at radius 2 is 2.38 bits per heavy atom. The maximum atomic E-state index is 5.85. The molecular weight excluding hydrogens is 160 g/mol. The molecule has 13 heavy (non-hydrogen) atoms. The lowest BCUT2D eigenvalue weighted by molar-refractivity contribution is 0.911. The van der Waals surface area contributed by atoms with Crippen LogP contribution in [-0.4, -0.2) is 6.54 Å². The van der Waals surface area contributed by atoms with E-state index in [1.54, 1.807) is 6.08 Å². The number of fused-ring (bicyclic) bond motifs is 1. The van der Waals surface area contributed by atoms with Crippen LogP contribution in [0, 0.1) is 0 Å². The number of anilines is 1. The maximum Gasteiger partial charge on any atom is 0.0478 e. The van der Waals surface area contributed by atoms with Crippen molar-refractivity contribution in [2.75, 3.05) is 11.9 Å². The van der Waals surface area contributed by atoms with Gasteiger partial charge >= 0.3 is 0 Å². The highest BCUT2D eigenvalue weighted by molar-refractivity contribution is 5.57. The van der Waals surface area contributed by atoms with Crippen LogP contribution in [0.3, 0.4) is 0 Å². The first-order valence-corrected chi connectivity index (χ1v) is 4.56. The molecule has 2 nitrogen and oxygen atoms in total. The van der Waals surface area contributed by atoms with Crippen LogP contribution in [0.25, 0.3) is 0 Å². The molecule has 0 amide bonds. The van der Waals surface area contributed by atoms with Crippen molar-refractivity contribution in [3.8, 4) is 0 Å². The molecule has 0 saturated heterocycles. The average Bonchev–Trinajstić information content (AvgIpc) is 2.63. The lowest BCUT2D eigenvalue weighted by Gasteiger charge is -2.08. The SMILES string of the molecule is C=C[C@@H](N)c1ccc2c(c1)CCN2. The minimum atomic E-state index is -0.0362. The Bertz CT molecular complexity index is 331. The lowest BCUT2D eigenvalue weighted by Crippen LogP contribution is -2.06. The molecule has 3 N–H and O–H groups in total. The molecule has 2 heteroatoms. The van der Waals surface area contributed by atoms with Gasteiger partial charge in [0.1, 0.15) is 0 Å². The predicted octanol–water partition coefficient (Wildman–Crippen LogP) is 1.84. The third kappa shape index (κ3) is 1.45. The number of nitrogens with two attached hydrogens (primary N) is 1. The van der Waals surface area contributed by atoms with Gasteiger partial charge < -0.3 is 11.1 Å². The van der Waals surface area contributed by atoms with Crippen molar-refractivity contribution in [1.29, 1.82) is 0 Å². The number of rotatable bonds is 2. The summed E-state index contributed by atoms with van der Waals surface area (Å²) in [5.74, 6) is 0. The van der Waals surface area contributed by atoms with Crippen LogP contribution in [0.15, 0.2) is 30.9 Å². The quantitative estimate of drug-likeness (QED) is 0.671. The number of hydrogen-bond acceptors (Lipinski definition) is 2.